The number of anilines is 1. The van der Waals surface area contributed by atoms with Crippen molar-refractivity contribution in [2.75, 3.05) is 24.6 Å². The SMILES string of the molecule is CCCCN(CCCC)C(=O)CSc1n[nH]c(N)n1. The van der Waals surface area contributed by atoms with E-state index in [2.05, 4.69) is 29.0 Å². The van der Waals surface area contributed by atoms with Crippen molar-refractivity contribution < 1.29 is 4.79 Å². The molecule has 0 bridgehead atoms. The van der Waals surface area contributed by atoms with Gasteiger partial charge in [-0.2, -0.15) is 4.98 Å². The maximum Gasteiger partial charge on any atom is 0.233 e. The molecule has 0 aromatic carbocycles. The zero-order valence-corrected chi connectivity index (χ0v) is 12.5. The van der Waals surface area contributed by atoms with Gasteiger partial charge >= 0.3 is 0 Å². The molecule has 0 fully saturated rings. The summed E-state index contributed by atoms with van der Waals surface area (Å²) in [5, 5.41) is 6.99. The molecule has 0 spiro atoms. The summed E-state index contributed by atoms with van der Waals surface area (Å²) in [5.74, 6) is 0.795. The number of rotatable bonds is 9. The number of carbonyl (C=O) groups is 1. The molecule has 0 saturated carbocycles. The van der Waals surface area contributed by atoms with Gasteiger partial charge in [0.2, 0.25) is 17.0 Å². The Labute approximate surface area is 118 Å². The maximum atomic E-state index is 12.1. The fourth-order valence-corrected chi connectivity index (χ4v) is 2.31. The van der Waals surface area contributed by atoms with Crippen LogP contribution in [0.15, 0.2) is 5.16 Å². The lowest BCUT2D eigenvalue weighted by molar-refractivity contribution is -0.128. The topological polar surface area (TPSA) is 87.9 Å². The normalized spacial score (nSPS) is 10.6. The molecule has 0 unspecified atom stereocenters. The minimum atomic E-state index is 0.148. The third-order valence-electron chi connectivity index (χ3n) is 2.72. The summed E-state index contributed by atoms with van der Waals surface area (Å²) in [5.41, 5.74) is 5.44. The van der Waals surface area contributed by atoms with Gasteiger partial charge in [-0.05, 0) is 12.8 Å². The van der Waals surface area contributed by atoms with E-state index in [-0.39, 0.29) is 11.9 Å². The van der Waals surface area contributed by atoms with Gasteiger partial charge < -0.3 is 10.6 Å². The second-order valence-corrected chi connectivity index (χ2v) is 5.32. The van der Waals surface area contributed by atoms with E-state index in [4.69, 9.17) is 5.73 Å². The van der Waals surface area contributed by atoms with Gasteiger partial charge in [0.25, 0.3) is 0 Å². The molecule has 3 N–H and O–H groups in total. The van der Waals surface area contributed by atoms with Crippen LogP contribution in [0.2, 0.25) is 0 Å². The van der Waals surface area contributed by atoms with E-state index in [9.17, 15) is 4.79 Å². The first-order chi connectivity index (χ1) is 9.17. The van der Waals surface area contributed by atoms with Gasteiger partial charge in [0.05, 0.1) is 5.75 Å². The lowest BCUT2D eigenvalue weighted by Gasteiger charge is -2.22. The number of nitrogens with one attached hydrogen (secondary N) is 1. The zero-order valence-electron chi connectivity index (χ0n) is 11.7. The lowest BCUT2D eigenvalue weighted by Crippen LogP contribution is -2.34. The van der Waals surface area contributed by atoms with Crippen molar-refractivity contribution in [1.29, 1.82) is 0 Å². The van der Waals surface area contributed by atoms with Crippen LogP contribution in [0.4, 0.5) is 5.95 Å². The molecule has 0 saturated heterocycles. The second-order valence-electron chi connectivity index (χ2n) is 4.38. The van der Waals surface area contributed by atoms with Crippen LogP contribution < -0.4 is 5.73 Å². The van der Waals surface area contributed by atoms with Crippen LogP contribution in [0.25, 0.3) is 0 Å². The van der Waals surface area contributed by atoms with Crippen molar-refractivity contribution in [3.63, 3.8) is 0 Å². The van der Waals surface area contributed by atoms with Gasteiger partial charge in [-0.3, -0.25) is 4.79 Å². The molecule has 19 heavy (non-hydrogen) atoms. The molecular weight excluding hydrogens is 262 g/mol. The van der Waals surface area contributed by atoms with Crippen LogP contribution in [0.1, 0.15) is 39.5 Å². The molecule has 1 rings (SSSR count). The minimum absolute atomic E-state index is 0.148. The summed E-state index contributed by atoms with van der Waals surface area (Å²) in [4.78, 5) is 18.1. The molecule has 1 amide bonds. The number of H-pyrrole nitrogens is 1. The van der Waals surface area contributed by atoms with Crippen LogP contribution in [0.3, 0.4) is 0 Å². The average molecular weight is 285 g/mol. The highest BCUT2D eigenvalue weighted by Crippen LogP contribution is 2.14. The maximum absolute atomic E-state index is 12.1. The van der Waals surface area contributed by atoms with Crippen molar-refractivity contribution in [1.82, 2.24) is 20.1 Å². The van der Waals surface area contributed by atoms with Crippen LogP contribution in [0.5, 0.6) is 0 Å². The first kappa shape index (κ1) is 15.8. The molecule has 0 aliphatic rings. The lowest BCUT2D eigenvalue weighted by atomic mass is 10.2. The number of thioether (sulfide) groups is 1. The fraction of sp³-hybridized carbons (Fsp3) is 0.750. The van der Waals surface area contributed by atoms with Gasteiger partial charge in [0.15, 0.2) is 0 Å². The monoisotopic (exact) mass is 285 g/mol. The molecule has 0 radical (unpaired) electrons. The van der Waals surface area contributed by atoms with Gasteiger partial charge in [-0.25, -0.2) is 5.10 Å². The highest BCUT2D eigenvalue weighted by molar-refractivity contribution is 7.99. The molecule has 0 aliphatic carbocycles. The number of nitrogen functional groups attached to an aromatic ring is 1. The van der Waals surface area contributed by atoms with Crippen LogP contribution in [0, 0.1) is 0 Å². The fourth-order valence-electron chi connectivity index (χ4n) is 1.60. The Morgan fingerprint density at radius 1 is 1.32 bits per heavy atom. The summed E-state index contributed by atoms with van der Waals surface area (Å²) in [7, 11) is 0. The standard InChI is InChI=1S/C12H23N5OS/c1-3-5-7-17(8-6-4-2)10(18)9-19-12-14-11(13)15-16-12/h3-9H2,1-2H3,(H3,13,14,15,16). The quantitative estimate of drug-likeness (QED) is 0.677. The number of amides is 1. The molecule has 108 valence electrons. The highest BCUT2D eigenvalue weighted by Gasteiger charge is 2.14. The van der Waals surface area contributed by atoms with E-state index in [1.807, 2.05) is 4.90 Å². The summed E-state index contributed by atoms with van der Waals surface area (Å²) >= 11 is 1.32. The number of aromatic amines is 1. The van der Waals surface area contributed by atoms with Gasteiger partial charge in [0.1, 0.15) is 0 Å². The molecule has 1 aromatic heterocycles. The summed E-state index contributed by atoms with van der Waals surface area (Å²) in [6.45, 7) is 5.94. The molecule has 0 atom stereocenters. The Balaban J connectivity index is 2.41. The third-order valence-corrected chi connectivity index (χ3v) is 3.55. The van der Waals surface area contributed by atoms with E-state index in [0.29, 0.717) is 10.9 Å². The molecule has 7 heteroatoms. The number of aromatic nitrogens is 3. The van der Waals surface area contributed by atoms with Crippen molar-refractivity contribution in [3.05, 3.63) is 0 Å². The Morgan fingerprint density at radius 3 is 2.42 bits per heavy atom. The molecule has 1 aromatic rings. The van der Waals surface area contributed by atoms with E-state index >= 15 is 0 Å². The van der Waals surface area contributed by atoms with Crippen LogP contribution >= 0.6 is 11.8 Å². The van der Waals surface area contributed by atoms with E-state index in [1.165, 1.54) is 11.8 Å². The largest absolute Gasteiger partial charge is 0.368 e. The molecular formula is C12H23N5OS. The number of carbonyl (C=O) groups excluding carboxylic acids is 1. The Bertz CT molecular complexity index is 374. The van der Waals surface area contributed by atoms with Crippen molar-refractivity contribution >= 4 is 23.6 Å². The van der Waals surface area contributed by atoms with Gasteiger partial charge in [0, 0.05) is 13.1 Å². The summed E-state index contributed by atoms with van der Waals surface area (Å²) < 4.78 is 0. The smallest absolute Gasteiger partial charge is 0.233 e. The van der Waals surface area contributed by atoms with E-state index in [1.54, 1.807) is 0 Å². The summed E-state index contributed by atoms with van der Waals surface area (Å²) in [6, 6.07) is 0. The van der Waals surface area contributed by atoms with Crippen LogP contribution in [-0.4, -0.2) is 44.8 Å². The summed E-state index contributed by atoms with van der Waals surface area (Å²) in [6.07, 6.45) is 4.29. The average Bonchev–Trinajstić information content (AvgIpc) is 2.82. The third kappa shape index (κ3) is 5.96. The van der Waals surface area contributed by atoms with Crippen molar-refractivity contribution in [2.45, 2.75) is 44.7 Å². The van der Waals surface area contributed by atoms with Gasteiger partial charge in [-0.15, -0.1) is 5.10 Å². The second kappa shape index (κ2) is 8.79. The van der Waals surface area contributed by atoms with Crippen molar-refractivity contribution in [2.24, 2.45) is 0 Å². The number of hydrogen-bond acceptors (Lipinski definition) is 5. The number of hydrogen-bond donors (Lipinski definition) is 2. The first-order valence-corrected chi connectivity index (χ1v) is 7.74. The van der Waals surface area contributed by atoms with Crippen LogP contribution in [-0.2, 0) is 4.79 Å². The minimum Gasteiger partial charge on any atom is -0.368 e. The zero-order chi connectivity index (χ0) is 14.1. The Kier molecular flexibility index (Phi) is 7.32. The first-order valence-electron chi connectivity index (χ1n) is 6.75. The predicted molar refractivity (Wildman–Crippen MR) is 77.9 cm³/mol. The van der Waals surface area contributed by atoms with Gasteiger partial charge in [-0.1, -0.05) is 38.5 Å². The highest BCUT2D eigenvalue weighted by atomic mass is 32.2. The van der Waals surface area contributed by atoms with E-state index < -0.39 is 0 Å². The number of nitrogens with two attached hydrogens (primary N) is 1. The predicted octanol–water partition coefficient (Wildman–Crippen LogP) is 1.91. The van der Waals surface area contributed by atoms with E-state index in [0.717, 1.165) is 38.8 Å². The Morgan fingerprint density at radius 2 is 1.95 bits per heavy atom. The number of unbranched alkanes of at least 4 members (excludes halogenated alkanes) is 2. The Hall–Kier alpha value is -1.24. The van der Waals surface area contributed by atoms with Crippen molar-refractivity contribution in [3.8, 4) is 0 Å². The molecule has 0 aliphatic heterocycles. The number of nitrogens with zero attached hydrogens (tertiary/aromatic N) is 3. The molecule has 6 nitrogen and oxygen atoms in total. The molecule has 1 heterocycles.